The van der Waals surface area contributed by atoms with E-state index in [2.05, 4.69) is 15.6 Å². The molecule has 5 nitrogen and oxygen atoms in total. The lowest BCUT2D eigenvalue weighted by Gasteiger charge is -2.07. The van der Waals surface area contributed by atoms with Crippen LogP contribution in [0, 0.1) is 12.8 Å². The van der Waals surface area contributed by atoms with E-state index in [1.807, 2.05) is 26.8 Å². The van der Waals surface area contributed by atoms with E-state index in [0.29, 0.717) is 18.3 Å². The van der Waals surface area contributed by atoms with Gasteiger partial charge in [0.1, 0.15) is 5.82 Å². The number of hydrogen-bond donors (Lipinski definition) is 2. The molecular weight excluding hydrogens is 218 g/mol. The number of carbonyl (C=O) groups is 2. The van der Waals surface area contributed by atoms with Gasteiger partial charge >= 0.3 is 11.8 Å². The molecule has 2 amide bonds. The van der Waals surface area contributed by atoms with Gasteiger partial charge in [0.25, 0.3) is 0 Å². The number of aromatic nitrogens is 1. The van der Waals surface area contributed by atoms with Crippen LogP contribution in [0.2, 0.25) is 0 Å². The van der Waals surface area contributed by atoms with E-state index in [-0.39, 0.29) is 0 Å². The molecular formula is C12H17N3O2. The van der Waals surface area contributed by atoms with Crippen molar-refractivity contribution in [2.24, 2.45) is 5.92 Å². The first-order valence-corrected chi connectivity index (χ1v) is 5.52. The first kappa shape index (κ1) is 13.2. The number of carbonyl (C=O) groups excluding carboxylic acids is 2. The molecule has 0 atom stereocenters. The molecule has 92 valence electrons. The topological polar surface area (TPSA) is 71.1 Å². The molecule has 0 spiro atoms. The Morgan fingerprint density at radius 1 is 1.29 bits per heavy atom. The average molecular weight is 235 g/mol. The number of hydrogen-bond acceptors (Lipinski definition) is 3. The highest BCUT2D eigenvalue weighted by atomic mass is 16.2. The van der Waals surface area contributed by atoms with Crippen LogP contribution in [0.3, 0.4) is 0 Å². The van der Waals surface area contributed by atoms with Crippen LogP contribution in [-0.4, -0.2) is 23.3 Å². The second kappa shape index (κ2) is 5.98. The van der Waals surface area contributed by atoms with Gasteiger partial charge in [0.2, 0.25) is 0 Å². The van der Waals surface area contributed by atoms with Crippen molar-refractivity contribution in [1.29, 1.82) is 0 Å². The zero-order valence-corrected chi connectivity index (χ0v) is 10.3. The first-order valence-electron chi connectivity index (χ1n) is 5.52. The molecule has 0 fully saturated rings. The summed E-state index contributed by atoms with van der Waals surface area (Å²) in [4.78, 5) is 26.9. The van der Waals surface area contributed by atoms with E-state index in [0.717, 1.165) is 5.69 Å². The van der Waals surface area contributed by atoms with Crippen LogP contribution in [0.4, 0.5) is 5.82 Å². The fourth-order valence-electron chi connectivity index (χ4n) is 1.16. The molecule has 17 heavy (non-hydrogen) atoms. The molecule has 0 radical (unpaired) electrons. The number of aryl methyl sites for hydroxylation is 1. The summed E-state index contributed by atoms with van der Waals surface area (Å²) in [5.74, 6) is -0.635. The Morgan fingerprint density at radius 2 is 2.00 bits per heavy atom. The monoisotopic (exact) mass is 235 g/mol. The third-order valence-electron chi connectivity index (χ3n) is 2.01. The molecule has 5 heteroatoms. The standard InChI is InChI=1S/C12H17N3O2/c1-8(2)7-13-11(16)12(17)15-10-6-4-5-9(3)14-10/h4-6,8H,7H2,1-3H3,(H,13,16)(H,14,15,17). The van der Waals surface area contributed by atoms with Gasteiger partial charge in [-0.05, 0) is 25.0 Å². The maximum atomic E-state index is 11.5. The van der Waals surface area contributed by atoms with Crippen LogP contribution in [-0.2, 0) is 9.59 Å². The van der Waals surface area contributed by atoms with Crippen molar-refractivity contribution in [1.82, 2.24) is 10.3 Å². The highest BCUT2D eigenvalue weighted by Crippen LogP contribution is 2.03. The molecule has 0 aliphatic heterocycles. The van der Waals surface area contributed by atoms with Crippen LogP contribution < -0.4 is 10.6 Å². The molecule has 0 saturated heterocycles. The SMILES string of the molecule is Cc1cccc(NC(=O)C(=O)NCC(C)C)n1. The third kappa shape index (κ3) is 4.63. The van der Waals surface area contributed by atoms with Gasteiger partial charge in [-0.1, -0.05) is 19.9 Å². The van der Waals surface area contributed by atoms with Crippen molar-refractivity contribution < 1.29 is 9.59 Å². The largest absolute Gasteiger partial charge is 0.348 e. The Balaban J connectivity index is 2.51. The minimum atomic E-state index is -0.691. The molecule has 0 unspecified atom stereocenters. The van der Waals surface area contributed by atoms with E-state index < -0.39 is 11.8 Å². The van der Waals surface area contributed by atoms with Gasteiger partial charge < -0.3 is 10.6 Å². The van der Waals surface area contributed by atoms with E-state index >= 15 is 0 Å². The fourth-order valence-corrected chi connectivity index (χ4v) is 1.16. The van der Waals surface area contributed by atoms with E-state index in [1.165, 1.54) is 0 Å². The third-order valence-corrected chi connectivity index (χ3v) is 2.01. The van der Waals surface area contributed by atoms with Crippen molar-refractivity contribution in [3.05, 3.63) is 23.9 Å². The van der Waals surface area contributed by atoms with Crippen molar-refractivity contribution in [3.63, 3.8) is 0 Å². The molecule has 1 aromatic rings. The molecule has 0 aliphatic carbocycles. The van der Waals surface area contributed by atoms with Gasteiger partial charge in [-0.2, -0.15) is 0 Å². The van der Waals surface area contributed by atoms with Gasteiger partial charge in [0.15, 0.2) is 0 Å². The quantitative estimate of drug-likeness (QED) is 0.771. The molecule has 0 aliphatic rings. The molecule has 1 aromatic heterocycles. The lowest BCUT2D eigenvalue weighted by atomic mass is 10.2. The number of nitrogens with zero attached hydrogens (tertiary/aromatic N) is 1. The first-order chi connectivity index (χ1) is 7.99. The van der Waals surface area contributed by atoms with Gasteiger partial charge in [0, 0.05) is 12.2 Å². The Hall–Kier alpha value is -1.91. The molecule has 0 saturated carbocycles. The predicted molar refractivity (Wildman–Crippen MR) is 65.5 cm³/mol. The van der Waals surface area contributed by atoms with Crippen LogP contribution in [0.15, 0.2) is 18.2 Å². The summed E-state index contributed by atoms with van der Waals surface area (Å²) in [6.07, 6.45) is 0. The number of anilines is 1. The Morgan fingerprint density at radius 3 is 2.59 bits per heavy atom. The van der Waals surface area contributed by atoms with Crippen molar-refractivity contribution in [3.8, 4) is 0 Å². The van der Waals surface area contributed by atoms with Crippen molar-refractivity contribution >= 4 is 17.6 Å². The summed E-state index contributed by atoms with van der Waals surface area (Å²) in [6.45, 7) is 6.21. The lowest BCUT2D eigenvalue weighted by Crippen LogP contribution is -2.37. The zero-order valence-electron chi connectivity index (χ0n) is 10.3. The van der Waals surface area contributed by atoms with Gasteiger partial charge in [0.05, 0.1) is 0 Å². The van der Waals surface area contributed by atoms with Crippen LogP contribution >= 0.6 is 0 Å². The summed E-state index contributed by atoms with van der Waals surface area (Å²) < 4.78 is 0. The summed E-state index contributed by atoms with van der Waals surface area (Å²) >= 11 is 0. The van der Waals surface area contributed by atoms with E-state index in [9.17, 15) is 9.59 Å². The zero-order chi connectivity index (χ0) is 12.8. The second-order valence-corrected chi connectivity index (χ2v) is 4.22. The van der Waals surface area contributed by atoms with Gasteiger partial charge in [-0.15, -0.1) is 0 Å². The summed E-state index contributed by atoms with van der Waals surface area (Å²) in [7, 11) is 0. The molecule has 0 bridgehead atoms. The van der Waals surface area contributed by atoms with Gasteiger partial charge in [-0.3, -0.25) is 9.59 Å². The summed E-state index contributed by atoms with van der Waals surface area (Å²) in [5.41, 5.74) is 0.783. The second-order valence-electron chi connectivity index (χ2n) is 4.22. The van der Waals surface area contributed by atoms with Crippen molar-refractivity contribution in [2.75, 3.05) is 11.9 Å². The minimum absolute atomic E-state index is 0.309. The number of pyridine rings is 1. The molecule has 2 N–H and O–H groups in total. The predicted octanol–water partition coefficient (Wildman–Crippen LogP) is 1.10. The normalized spacial score (nSPS) is 10.1. The average Bonchev–Trinajstić information content (AvgIpc) is 2.25. The summed E-state index contributed by atoms with van der Waals surface area (Å²) in [5, 5.41) is 4.98. The maximum absolute atomic E-state index is 11.5. The summed E-state index contributed by atoms with van der Waals surface area (Å²) in [6, 6.07) is 5.22. The highest BCUT2D eigenvalue weighted by molar-refractivity contribution is 6.39. The van der Waals surface area contributed by atoms with Crippen molar-refractivity contribution in [2.45, 2.75) is 20.8 Å². The Labute approximate surface area is 101 Å². The van der Waals surface area contributed by atoms with Crippen LogP contribution in [0.25, 0.3) is 0 Å². The molecule has 1 heterocycles. The smallest absolute Gasteiger partial charge is 0.314 e. The van der Waals surface area contributed by atoms with E-state index in [1.54, 1.807) is 12.1 Å². The molecule has 0 aromatic carbocycles. The number of rotatable bonds is 3. The van der Waals surface area contributed by atoms with E-state index in [4.69, 9.17) is 0 Å². The Kier molecular flexibility index (Phi) is 4.63. The minimum Gasteiger partial charge on any atom is -0.348 e. The lowest BCUT2D eigenvalue weighted by molar-refractivity contribution is -0.136. The Bertz CT molecular complexity index is 416. The van der Waals surface area contributed by atoms with Crippen LogP contribution in [0.5, 0.6) is 0 Å². The number of amides is 2. The number of nitrogens with one attached hydrogen (secondary N) is 2. The van der Waals surface area contributed by atoms with Crippen LogP contribution in [0.1, 0.15) is 19.5 Å². The van der Waals surface area contributed by atoms with Gasteiger partial charge in [-0.25, -0.2) is 4.98 Å². The molecule has 1 rings (SSSR count). The fraction of sp³-hybridized carbons (Fsp3) is 0.417. The maximum Gasteiger partial charge on any atom is 0.314 e. The highest BCUT2D eigenvalue weighted by Gasteiger charge is 2.13.